The SMILES string of the molecule is NC(=O)N1CCC[C@H]1C(=O)N[C@H]1C[C@H]2CC[C@H]1C2. The van der Waals surface area contributed by atoms with Crippen molar-refractivity contribution in [2.24, 2.45) is 17.6 Å². The van der Waals surface area contributed by atoms with Crippen molar-refractivity contribution in [1.82, 2.24) is 10.2 Å². The topological polar surface area (TPSA) is 75.4 Å². The van der Waals surface area contributed by atoms with E-state index in [4.69, 9.17) is 5.73 Å². The number of nitrogens with zero attached hydrogens (tertiary/aromatic N) is 1. The number of carbonyl (C=O) groups excluding carboxylic acids is 2. The zero-order chi connectivity index (χ0) is 12.7. The van der Waals surface area contributed by atoms with Gasteiger partial charge in [0.15, 0.2) is 0 Å². The van der Waals surface area contributed by atoms with Crippen LogP contribution in [0.4, 0.5) is 4.79 Å². The zero-order valence-corrected chi connectivity index (χ0v) is 10.6. The van der Waals surface area contributed by atoms with E-state index in [2.05, 4.69) is 5.32 Å². The Labute approximate surface area is 107 Å². The standard InChI is InChI=1S/C13H21N3O2/c14-13(18)16-5-1-2-11(16)12(17)15-10-7-8-3-4-9(10)6-8/h8-11H,1-7H2,(H2,14,18)(H,15,17)/t8-,9-,10-,11-/m0/s1. The predicted octanol–water partition coefficient (Wildman–Crippen LogP) is 0.834. The summed E-state index contributed by atoms with van der Waals surface area (Å²) in [5, 5.41) is 3.15. The molecule has 3 aliphatic rings. The van der Waals surface area contributed by atoms with Crippen molar-refractivity contribution in [2.45, 2.75) is 50.6 Å². The highest BCUT2D eigenvalue weighted by atomic mass is 16.2. The van der Waals surface area contributed by atoms with Gasteiger partial charge in [-0.15, -0.1) is 0 Å². The largest absolute Gasteiger partial charge is 0.351 e. The van der Waals surface area contributed by atoms with Crippen LogP contribution < -0.4 is 11.1 Å². The second-order valence-electron chi connectivity index (χ2n) is 5.98. The summed E-state index contributed by atoms with van der Waals surface area (Å²) in [7, 11) is 0. The fourth-order valence-electron chi connectivity index (χ4n) is 4.00. The van der Waals surface area contributed by atoms with E-state index in [1.165, 1.54) is 24.2 Å². The summed E-state index contributed by atoms with van der Waals surface area (Å²) in [5.41, 5.74) is 5.30. The van der Waals surface area contributed by atoms with Gasteiger partial charge in [-0.1, -0.05) is 6.42 Å². The second kappa shape index (κ2) is 4.44. The van der Waals surface area contributed by atoms with Gasteiger partial charge in [0.1, 0.15) is 6.04 Å². The van der Waals surface area contributed by atoms with E-state index in [1.807, 2.05) is 0 Å². The average Bonchev–Trinajstić information content (AvgIpc) is 3.04. The van der Waals surface area contributed by atoms with Gasteiger partial charge in [0.2, 0.25) is 5.91 Å². The van der Waals surface area contributed by atoms with Gasteiger partial charge in [-0.2, -0.15) is 0 Å². The van der Waals surface area contributed by atoms with Crippen LogP contribution in [0.1, 0.15) is 38.5 Å². The number of likely N-dealkylation sites (tertiary alicyclic amines) is 1. The summed E-state index contributed by atoms with van der Waals surface area (Å²) in [4.78, 5) is 25.0. The van der Waals surface area contributed by atoms with E-state index in [0.717, 1.165) is 25.2 Å². The van der Waals surface area contributed by atoms with Crippen molar-refractivity contribution in [3.05, 3.63) is 0 Å². The molecule has 0 aromatic rings. The Hall–Kier alpha value is -1.26. The third-order valence-electron chi connectivity index (χ3n) is 4.90. The molecule has 18 heavy (non-hydrogen) atoms. The van der Waals surface area contributed by atoms with Gasteiger partial charge < -0.3 is 16.0 Å². The van der Waals surface area contributed by atoms with Crippen molar-refractivity contribution in [3.8, 4) is 0 Å². The molecule has 0 radical (unpaired) electrons. The molecule has 5 nitrogen and oxygen atoms in total. The minimum Gasteiger partial charge on any atom is -0.351 e. The van der Waals surface area contributed by atoms with Crippen LogP contribution in [0.25, 0.3) is 0 Å². The summed E-state index contributed by atoms with van der Waals surface area (Å²) >= 11 is 0. The fourth-order valence-corrected chi connectivity index (χ4v) is 4.00. The Morgan fingerprint density at radius 2 is 2.00 bits per heavy atom. The molecule has 1 aliphatic heterocycles. The van der Waals surface area contributed by atoms with E-state index in [0.29, 0.717) is 18.5 Å². The lowest BCUT2D eigenvalue weighted by atomic mass is 9.95. The molecule has 2 aliphatic carbocycles. The van der Waals surface area contributed by atoms with Crippen molar-refractivity contribution in [2.75, 3.05) is 6.54 Å². The number of fused-ring (bicyclic) bond motifs is 2. The third kappa shape index (κ3) is 1.95. The maximum absolute atomic E-state index is 12.2. The molecular formula is C13H21N3O2. The highest BCUT2D eigenvalue weighted by molar-refractivity contribution is 5.87. The van der Waals surface area contributed by atoms with E-state index < -0.39 is 6.03 Å². The lowest BCUT2D eigenvalue weighted by Crippen LogP contribution is -2.51. The van der Waals surface area contributed by atoms with Crippen LogP contribution in [-0.2, 0) is 4.79 Å². The van der Waals surface area contributed by atoms with E-state index >= 15 is 0 Å². The van der Waals surface area contributed by atoms with Gasteiger partial charge in [-0.25, -0.2) is 4.79 Å². The molecule has 0 aromatic carbocycles. The Bertz CT molecular complexity index is 371. The number of nitrogens with two attached hydrogens (primary N) is 1. The van der Waals surface area contributed by atoms with E-state index in [-0.39, 0.29) is 11.9 Å². The van der Waals surface area contributed by atoms with Crippen LogP contribution in [0.3, 0.4) is 0 Å². The molecule has 1 heterocycles. The third-order valence-corrected chi connectivity index (χ3v) is 4.90. The first-order valence-corrected chi connectivity index (χ1v) is 7.01. The lowest BCUT2D eigenvalue weighted by Gasteiger charge is -2.27. The van der Waals surface area contributed by atoms with Gasteiger partial charge >= 0.3 is 6.03 Å². The maximum atomic E-state index is 12.2. The number of primary amides is 1. The van der Waals surface area contributed by atoms with Gasteiger partial charge in [0.05, 0.1) is 0 Å². The summed E-state index contributed by atoms with van der Waals surface area (Å²) in [5.74, 6) is 1.49. The van der Waals surface area contributed by atoms with Crippen LogP contribution in [0, 0.1) is 11.8 Å². The van der Waals surface area contributed by atoms with Gasteiger partial charge in [-0.05, 0) is 43.9 Å². The normalized spacial score (nSPS) is 38.1. The van der Waals surface area contributed by atoms with Gasteiger partial charge in [0, 0.05) is 12.6 Å². The maximum Gasteiger partial charge on any atom is 0.315 e. The van der Waals surface area contributed by atoms with Crippen molar-refractivity contribution < 1.29 is 9.59 Å². The molecule has 0 unspecified atom stereocenters. The number of hydrogen-bond acceptors (Lipinski definition) is 2. The highest BCUT2D eigenvalue weighted by Gasteiger charge is 2.42. The number of nitrogens with one attached hydrogen (secondary N) is 1. The molecule has 2 bridgehead atoms. The van der Waals surface area contributed by atoms with Gasteiger partial charge in [0.25, 0.3) is 0 Å². The molecule has 100 valence electrons. The minimum atomic E-state index is -0.472. The van der Waals surface area contributed by atoms with Crippen LogP contribution in [0.15, 0.2) is 0 Å². The molecule has 0 spiro atoms. The number of hydrogen-bond donors (Lipinski definition) is 2. The van der Waals surface area contributed by atoms with Crippen LogP contribution in [0.5, 0.6) is 0 Å². The summed E-state index contributed by atoms with van der Waals surface area (Å²) < 4.78 is 0. The van der Waals surface area contributed by atoms with Crippen LogP contribution in [0.2, 0.25) is 0 Å². The average molecular weight is 251 g/mol. The Morgan fingerprint density at radius 1 is 1.17 bits per heavy atom. The summed E-state index contributed by atoms with van der Waals surface area (Å²) in [6.45, 7) is 0.615. The molecule has 0 aromatic heterocycles. The first kappa shape index (κ1) is 11.8. The second-order valence-corrected chi connectivity index (χ2v) is 5.98. The molecule has 3 rings (SSSR count). The molecule has 2 saturated carbocycles. The Kier molecular flexibility index (Phi) is 2.92. The number of rotatable bonds is 2. The molecule has 3 fully saturated rings. The Balaban J connectivity index is 1.59. The number of urea groups is 1. The predicted molar refractivity (Wildman–Crippen MR) is 66.7 cm³/mol. The molecule has 3 N–H and O–H groups in total. The van der Waals surface area contributed by atoms with Crippen molar-refractivity contribution >= 4 is 11.9 Å². The molecular weight excluding hydrogens is 230 g/mol. The van der Waals surface area contributed by atoms with Crippen molar-refractivity contribution in [3.63, 3.8) is 0 Å². The van der Waals surface area contributed by atoms with E-state index in [9.17, 15) is 9.59 Å². The summed E-state index contributed by atoms with van der Waals surface area (Å²) in [6, 6.07) is -0.464. The molecule has 4 atom stereocenters. The monoisotopic (exact) mass is 251 g/mol. The number of amides is 3. The van der Waals surface area contributed by atoms with Crippen LogP contribution in [-0.4, -0.2) is 35.5 Å². The first-order valence-electron chi connectivity index (χ1n) is 7.01. The Morgan fingerprint density at radius 3 is 2.61 bits per heavy atom. The molecule has 3 amide bonds. The summed E-state index contributed by atoms with van der Waals surface area (Å²) in [6.07, 6.45) is 6.59. The van der Waals surface area contributed by atoms with Crippen LogP contribution >= 0.6 is 0 Å². The van der Waals surface area contributed by atoms with Gasteiger partial charge in [-0.3, -0.25) is 4.79 Å². The van der Waals surface area contributed by atoms with E-state index in [1.54, 1.807) is 0 Å². The minimum absolute atomic E-state index is 0.00356. The van der Waals surface area contributed by atoms with Crippen molar-refractivity contribution in [1.29, 1.82) is 0 Å². The number of carbonyl (C=O) groups is 2. The first-order chi connectivity index (χ1) is 8.65. The smallest absolute Gasteiger partial charge is 0.315 e. The molecule has 5 heteroatoms. The lowest BCUT2D eigenvalue weighted by molar-refractivity contribution is -0.125. The fraction of sp³-hybridized carbons (Fsp3) is 0.846. The molecule has 1 saturated heterocycles. The highest BCUT2D eigenvalue weighted by Crippen LogP contribution is 2.44. The zero-order valence-electron chi connectivity index (χ0n) is 10.6. The quantitative estimate of drug-likeness (QED) is 0.763.